The van der Waals surface area contributed by atoms with Gasteiger partial charge in [0.1, 0.15) is 23.8 Å². The van der Waals surface area contributed by atoms with E-state index in [0.717, 1.165) is 16.2 Å². The van der Waals surface area contributed by atoms with E-state index in [9.17, 15) is 9.59 Å². The van der Waals surface area contributed by atoms with Crippen LogP contribution in [0.1, 0.15) is 22.9 Å². The van der Waals surface area contributed by atoms with E-state index in [2.05, 4.69) is 5.32 Å². The number of nitrogens with one attached hydrogen (secondary N) is 1. The van der Waals surface area contributed by atoms with Crippen LogP contribution in [0, 0.1) is 0 Å². The van der Waals surface area contributed by atoms with Crippen molar-refractivity contribution in [1.82, 2.24) is 9.91 Å². The molecule has 1 N–H and O–H groups in total. The Bertz CT molecular complexity index is 1310. The van der Waals surface area contributed by atoms with Gasteiger partial charge in [0.05, 0.1) is 50.3 Å². The number of urea groups is 1. The summed E-state index contributed by atoms with van der Waals surface area (Å²) in [6.07, 6.45) is 0.487. The summed E-state index contributed by atoms with van der Waals surface area (Å²) in [7, 11) is 6.24. The smallest absolute Gasteiger partial charge is 0.322 e. The van der Waals surface area contributed by atoms with Crippen molar-refractivity contribution < 1.29 is 28.5 Å². The number of amides is 3. The molecule has 2 heterocycles. The van der Waals surface area contributed by atoms with Crippen LogP contribution < -0.4 is 19.5 Å². The fraction of sp³-hybridized carbons (Fsp3) is 0.321. The number of thiophene rings is 1. The van der Waals surface area contributed by atoms with Gasteiger partial charge in [0, 0.05) is 25.6 Å². The number of para-hydroxylation sites is 2. The van der Waals surface area contributed by atoms with Crippen LogP contribution in [0.5, 0.6) is 17.2 Å². The molecule has 1 aliphatic rings. The Morgan fingerprint density at radius 3 is 2.51 bits per heavy atom. The second-order valence-corrected chi connectivity index (χ2v) is 9.58. The Hall–Kier alpha value is -4.09. The quantitative estimate of drug-likeness (QED) is 0.372. The first kappa shape index (κ1) is 27.9. The van der Waals surface area contributed by atoms with Crippen LogP contribution in [-0.2, 0) is 9.53 Å². The number of ether oxygens (including phenoxy) is 4. The summed E-state index contributed by atoms with van der Waals surface area (Å²) >= 11 is 1.56. The number of hydrogen-bond donors (Lipinski definition) is 1. The number of hydrazone groups is 1. The fourth-order valence-corrected chi connectivity index (χ4v) is 5.03. The number of carbonyl (C=O) groups excluding carboxylic acids is 2. The fourth-order valence-electron chi connectivity index (χ4n) is 4.31. The molecule has 206 valence electrons. The predicted octanol–water partition coefficient (Wildman–Crippen LogP) is 4.63. The number of nitrogens with zero attached hydrogens (tertiary/aromatic N) is 3. The summed E-state index contributed by atoms with van der Waals surface area (Å²) in [5.41, 5.74) is 2.05. The molecule has 4 rings (SSSR count). The molecule has 2 aromatic carbocycles. The van der Waals surface area contributed by atoms with Crippen molar-refractivity contribution >= 4 is 34.7 Å². The molecular weight excluding hydrogens is 520 g/mol. The van der Waals surface area contributed by atoms with Gasteiger partial charge in [-0.1, -0.05) is 18.2 Å². The molecule has 39 heavy (non-hydrogen) atoms. The summed E-state index contributed by atoms with van der Waals surface area (Å²) in [6, 6.07) is 15.6. The Morgan fingerprint density at radius 2 is 1.82 bits per heavy atom. The highest BCUT2D eigenvalue weighted by molar-refractivity contribution is 7.12. The molecule has 0 spiro atoms. The van der Waals surface area contributed by atoms with Crippen molar-refractivity contribution in [3.63, 3.8) is 0 Å². The summed E-state index contributed by atoms with van der Waals surface area (Å²) in [5.74, 6) is 1.42. The minimum atomic E-state index is -0.456. The monoisotopic (exact) mass is 552 g/mol. The van der Waals surface area contributed by atoms with E-state index in [1.807, 2.05) is 35.7 Å². The molecular formula is C28H32N4O6S. The predicted molar refractivity (Wildman–Crippen MR) is 150 cm³/mol. The van der Waals surface area contributed by atoms with Crippen LogP contribution in [0.25, 0.3) is 0 Å². The van der Waals surface area contributed by atoms with Crippen molar-refractivity contribution in [2.24, 2.45) is 5.10 Å². The summed E-state index contributed by atoms with van der Waals surface area (Å²) in [5, 5.41) is 11.0. The number of carbonyl (C=O) groups is 2. The van der Waals surface area contributed by atoms with E-state index >= 15 is 0 Å². The highest BCUT2D eigenvalue weighted by atomic mass is 32.1. The molecule has 0 radical (unpaired) electrons. The lowest BCUT2D eigenvalue weighted by Crippen LogP contribution is -2.44. The van der Waals surface area contributed by atoms with Crippen LogP contribution in [0.15, 0.2) is 65.1 Å². The number of hydrogen-bond acceptors (Lipinski definition) is 8. The molecule has 11 heteroatoms. The van der Waals surface area contributed by atoms with E-state index in [4.69, 9.17) is 24.0 Å². The van der Waals surface area contributed by atoms with Crippen molar-refractivity contribution in [2.75, 3.05) is 53.5 Å². The van der Waals surface area contributed by atoms with Gasteiger partial charge < -0.3 is 29.2 Å². The summed E-state index contributed by atoms with van der Waals surface area (Å²) < 4.78 is 21.6. The van der Waals surface area contributed by atoms with E-state index in [0.29, 0.717) is 29.4 Å². The van der Waals surface area contributed by atoms with Gasteiger partial charge >= 0.3 is 6.03 Å². The summed E-state index contributed by atoms with van der Waals surface area (Å²) in [6.45, 7) is 0.240. The van der Waals surface area contributed by atoms with E-state index in [-0.39, 0.29) is 25.6 Å². The van der Waals surface area contributed by atoms with Gasteiger partial charge in [-0.2, -0.15) is 5.10 Å². The maximum Gasteiger partial charge on any atom is 0.322 e. The molecule has 1 aromatic heterocycles. The first-order chi connectivity index (χ1) is 19.0. The van der Waals surface area contributed by atoms with Gasteiger partial charge in [-0.25, -0.2) is 9.80 Å². The second kappa shape index (κ2) is 13.1. The van der Waals surface area contributed by atoms with Gasteiger partial charge in [0.15, 0.2) is 0 Å². The molecule has 10 nitrogen and oxygen atoms in total. The third-order valence-corrected chi connectivity index (χ3v) is 7.21. The van der Waals surface area contributed by atoms with Crippen molar-refractivity contribution in [3.05, 3.63) is 70.4 Å². The zero-order valence-corrected chi connectivity index (χ0v) is 23.2. The van der Waals surface area contributed by atoms with Gasteiger partial charge in [-0.3, -0.25) is 4.79 Å². The lowest BCUT2D eigenvalue weighted by molar-refractivity contribution is -0.133. The largest absolute Gasteiger partial charge is 0.497 e. The molecule has 1 aliphatic heterocycles. The number of benzene rings is 2. The molecule has 0 unspecified atom stereocenters. The zero-order valence-electron chi connectivity index (χ0n) is 22.4. The van der Waals surface area contributed by atoms with Crippen molar-refractivity contribution in [1.29, 1.82) is 0 Å². The molecule has 3 aromatic rings. The summed E-state index contributed by atoms with van der Waals surface area (Å²) in [4.78, 5) is 29.5. The average Bonchev–Trinajstić information content (AvgIpc) is 3.65. The maximum atomic E-state index is 13.8. The van der Waals surface area contributed by atoms with E-state index < -0.39 is 12.1 Å². The Labute approximate surface area is 231 Å². The van der Waals surface area contributed by atoms with Gasteiger partial charge in [-0.05, 0) is 41.8 Å². The number of rotatable bonds is 11. The minimum absolute atomic E-state index is 0.200. The first-order valence-corrected chi connectivity index (χ1v) is 13.2. The molecule has 0 saturated heterocycles. The van der Waals surface area contributed by atoms with Crippen LogP contribution in [0.4, 0.5) is 10.5 Å². The van der Waals surface area contributed by atoms with Crippen LogP contribution in [-0.4, -0.2) is 75.7 Å². The molecule has 0 aliphatic carbocycles. The third-order valence-electron chi connectivity index (χ3n) is 6.29. The van der Waals surface area contributed by atoms with Crippen LogP contribution in [0.2, 0.25) is 0 Å². The maximum absolute atomic E-state index is 13.8. The first-order valence-electron chi connectivity index (χ1n) is 12.3. The van der Waals surface area contributed by atoms with Gasteiger partial charge in [-0.15, -0.1) is 11.3 Å². The van der Waals surface area contributed by atoms with E-state index in [1.165, 1.54) is 17.0 Å². The van der Waals surface area contributed by atoms with Gasteiger partial charge in [0.25, 0.3) is 5.91 Å². The van der Waals surface area contributed by atoms with Crippen molar-refractivity contribution in [2.45, 2.75) is 12.5 Å². The number of anilines is 1. The van der Waals surface area contributed by atoms with Crippen molar-refractivity contribution in [3.8, 4) is 17.2 Å². The zero-order chi connectivity index (χ0) is 27.8. The van der Waals surface area contributed by atoms with Gasteiger partial charge in [0.2, 0.25) is 0 Å². The van der Waals surface area contributed by atoms with E-state index in [1.54, 1.807) is 56.9 Å². The Balaban J connectivity index is 1.63. The topological polar surface area (TPSA) is 102 Å². The molecule has 1 atom stereocenters. The van der Waals surface area contributed by atoms with Crippen LogP contribution in [0.3, 0.4) is 0 Å². The average molecular weight is 553 g/mol. The molecule has 0 bridgehead atoms. The standard InChI is InChI=1S/C28H32N4O6S/c1-35-14-13-31(28(34)29-21-8-5-6-9-25(21)38-4)18-27(33)32-23(17-22(30-32)26-10-7-15-39-26)20-16-19(36-2)11-12-24(20)37-3/h5-12,15-16,23H,13-14,17-18H2,1-4H3,(H,29,34)/t23-/m1/s1. The number of methoxy groups -OCH3 is 4. The molecule has 0 fully saturated rings. The normalized spacial score (nSPS) is 14.5. The Kier molecular flexibility index (Phi) is 9.40. The molecule has 0 saturated carbocycles. The van der Waals surface area contributed by atoms with Crippen LogP contribution >= 0.6 is 11.3 Å². The second-order valence-electron chi connectivity index (χ2n) is 8.63. The Morgan fingerprint density at radius 1 is 1.03 bits per heavy atom. The highest BCUT2D eigenvalue weighted by Gasteiger charge is 2.36. The lowest BCUT2D eigenvalue weighted by atomic mass is 9.99. The SMILES string of the molecule is COCCN(CC(=O)N1N=C(c2cccs2)C[C@@H]1c1cc(OC)ccc1OC)C(=O)Nc1ccccc1OC. The lowest BCUT2D eigenvalue weighted by Gasteiger charge is -2.28. The minimum Gasteiger partial charge on any atom is -0.497 e. The third kappa shape index (κ3) is 6.50. The molecule has 3 amide bonds. The highest BCUT2D eigenvalue weighted by Crippen LogP contribution is 2.40.